The maximum absolute atomic E-state index is 9.80. The maximum atomic E-state index is 9.80. The molecule has 0 amide bonds. The molecule has 0 aliphatic heterocycles. The number of allylic oxidation sites excluding steroid dienone is 1. The van der Waals surface area contributed by atoms with Gasteiger partial charge in [0.25, 0.3) is 0 Å². The summed E-state index contributed by atoms with van der Waals surface area (Å²) in [7, 11) is 0. The first-order chi connectivity index (χ1) is 11.3. The molecular formula is C22H17O. The number of phenols is 1. The lowest BCUT2D eigenvalue weighted by Gasteiger charge is -2.24. The smallest absolute Gasteiger partial charge is 0.115 e. The summed E-state index contributed by atoms with van der Waals surface area (Å²) in [5.74, 6) is 0.336. The van der Waals surface area contributed by atoms with Crippen LogP contribution in [0.3, 0.4) is 0 Å². The molecule has 0 saturated carbocycles. The monoisotopic (exact) mass is 297 g/mol. The van der Waals surface area contributed by atoms with Crippen LogP contribution in [0, 0.1) is 6.07 Å². The van der Waals surface area contributed by atoms with Gasteiger partial charge in [-0.1, -0.05) is 60.7 Å². The van der Waals surface area contributed by atoms with Crippen molar-refractivity contribution in [1.82, 2.24) is 0 Å². The highest BCUT2D eigenvalue weighted by Gasteiger charge is 2.21. The summed E-state index contributed by atoms with van der Waals surface area (Å²) in [6, 6.07) is 27.7. The van der Waals surface area contributed by atoms with Crippen LogP contribution in [0.2, 0.25) is 0 Å². The van der Waals surface area contributed by atoms with E-state index in [2.05, 4.69) is 42.5 Å². The molecule has 3 aromatic carbocycles. The van der Waals surface area contributed by atoms with Crippen LogP contribution < -0.4 is 0 Å². The van der Waals surface area contributed by atoms with E-state index in [4.69, 9.17) is 0 Å². The second kappa shape index (κ2) is 5.77. The van der Waals surface area contributed by atoms with Gasteiger partial charge in [-0.25, -0.2) is 0 Å². The van der Waals surface area contributed by atoms with Crippen LogP contribution in [-0.4, -0.2) is 5.11 Å². The van der Waals surface area contributed by atoms with E-state index in [1.807, 2.05) is 30.3 Å². The third-order valence-corrected chi connectivity index (χ3v) is 4.40. The summed E-state index contributed by atoms with van der Waals surface area (Å²) in [6.45, 7) is 0. The van der Waals surface area contributed by atoms with Crippen LogP contribution in [0.15, 0.2) is 72.8 Å². The fourth-order valence-electron chi connectivity index (χ4n) is 3.36. The van der Waals surface area contributed by atoms with E-state index in [-0.39, 0.29) is 0 Å². The van der Waals surface area contributed by atoms with Crippen molar-refractivity contribution in [1.29, 1.82) is 0 Å². The molecule has 0 unspecified atom stereocenters. The highest BCUT2D eigenvalue weighted by Crippen LogP contribution is 2.41. The molecule has 111 valence electrons. The Morgan fingerprint density at radius 3 is 2.43 bits per heavy atom. The van der Waals surface area contributed by atoms with Gasteiger partial charge in [0.2, 0.25) is 0 Å². The lowest BCUT2D eigenvalue weighted by atomic mass is 9.80. The normalized spacial score (nSPS) is 13.7. The van der Waals surface area contributed by atoms with Gasteiger partial charge in [0.15, 0.2) is 0 Å². The first-order valence-corrected chi connectivity index (χ1v) is 7.91. The SMILES string of the molecule is Oc1ccc2c(c1)CCC(c1ccccc1)=C2c1[c]cccc1. The molecule has 3 aromatic rings. The lowest BCUT2D eigenvalue weighted by Crippen LogP contribution is -2.06. The summed E-state index contributed by atoms with van der Waals surface area (Å²) in [5.41, 5.74) is 7.37. The third kappa shape index (κ3) is 2.55. The van der Waals surface area contributed by atoms with Gasteiger partial charge in [-0.2, -0.15) is 0 Å². The van der Waals surface area contributed by atoms with Crippen molar-refractivity contribution in [2.24, 2.45) is 0 Å². The van der Waals surface area contributed by atoms with Gasteiger partial charge < -0.3 is 5.11 Å². The van der Waals surface area contributed by atoms with E-state index in [1.165, 1.54) is 27.8 Å². The molecule has 0 spiro atoms. The molecule has 4 rings (SSSR count). The van der Waals surface area contributed by atoms with Gasteiger partial charge in [-0.3, -0.25) is 0 Å². The molecule has 0 aromatic heterocycles. The van der Waals surface area contributed by atoms with E-state index in [9.17, 15) is 5.11 Å². The van der Waals surface area contributed by atoms with Gasteiger partial charge in [0.1, 0.15) is 5.75 Å². The minimum absolute atomic E-state index is 0.336. The van der Waals surface area contributed by atoms with E-state index in [0.717, 1.165) is 18.4 Å². The number of fused-ring (bicyclic) bond motifs is 1. The van der Waals surface area contributed by atoms with E-state index in [1.54, 1.807) is 6.07 Å². The second-order valence-corrected chi connectivity index (χ2v) is 5.84. The molecule has 1 N–H and O–H groups in total. The molecule has 1 aliphatic carbocycles. The number of aryl methyl sites for hydroxylation is 1. The Morgan fingerprint density at radius 2 is 1.65 bits per heavy atom. The second-order valence-electron chi connectivity index (χ2n) is 5.84. The van der Waals surface area contributed by atoms with Crippen LogP contribution in [0.1, 0.15) is 28.7 Å². The number of benzene rings is 3. The summed E-state index contributed by atoms with van der Waals surface area (Å²) >= 11 is 0. The van der Waals surface area contributed by atoms with E-state index < -0.39 is 0 Å². The fraction of sp³-hybridized carbons (Fsp3) is 0.0909. The summed E-state index contributed by atoms with van der Waals surface area (Å²) < 4.78 is 0. The Kier molecular flexibility index (Phi) is 3.47. The Morgan fingerprint density at radius 1 is 0.826 bits per heavy atom. The number of rotatable bonds is 2. The molecule has 0 fully saturated rings. The van der Waals surface area contributed by atoms with Gasteiger partial charge in [-0.15, -0.1) is 0 Å². The Bertz CT molecular complexity index is 861. The average molecular weight is 297 g/mol. The predicted octanol–water partition coefficient (Wildman–Crippen LogP) is 5.10. The third-order valence-electron chi connectivity index (χ3n) is 4.40. The predicted molar refractivity (Wildman–Crippen MR) is 94.1 cm³/mol. The van der Waals surface area contributed by atoms with Crippen molar-refractivity contribution in [3.63, 3.8) is 0 Å². The highest BCUT2D eigenvalue weighted by molar-refractivity contribution is 6.00. The zero-order chi connectivity index (χ0) is 15.6. The standard InChI is InChI=1S/C22H17O/c23-19-12-14-21-18(15-19)11-13-20(16-7-3-1-4-8-16)22(21)17-9-5-2-6-10-17/h1-9,12,14-15,23H,11,13H2. The first kappa shape index (κ1) is 13.8. The minimum atomic E-state index is 0.336. The number of hydrogen-bond acceptors (Lipinski definition) is 1. The molecule has 0 atom stereocenters. The summed E-state index contributed by atoms with van der Waals surface area (Å²) in [4.78, 5) is 0. The summed E-state index contributed by atoms with van der Waals surface area (Å²) in [5, 5.41) is 9.80. The summed E-state index contributed by atoms with van der Waals surface area (Å²) in [6.07, 6.45) is 1.92. The number of phenolic OH excluding ortho intramolecular Hbond substituents is 1. The van der Waals surface area contributed by atoms with Crippen molar-refractivity contribution in [2.75, 3.05) is 0 Å². The van der Waals surface area contributed by atoms with E-state index >= 15 is 0 Å². The quantitative estimate of drug-likeness (QED) is 0.698. The maximum Gasteiger partial charge on any atom is 0.115 e. The minimum Gasteiger partial charge on any atom is -0.508 e. The van der Waals surface area contributed by atoms with Crippen molar-refractivity contribution in [3.8, 4) is 5.75 Å². The molecule has 1 heteroatoms. The van der Waals surface area contributed by atoms with Crippen LogP contribution >= 0.6 is 0 Å². The van der Waals surface area contributed by atoms with Crippen molar-refractivity contribution < 1.29 is 5.11 Å². The van der Waals surface area contributed by atoms with Crippen molar-refractivity contribution in [3.05, 3.63) is 101 Å². The molecule has 0 saturated heterocycles. The van der Waals surface area contributed by atoms with Crippen molar-refractivity contribution >= 4 is 11.1 Å². The topological polar surface area (TPSA) is 20.2 Å². The average Bonchev–Trinajstić information content (AvgIpc) is 2.62. The first-order valence-electron chi connectivity index (χ1n) is 7.91. The Labute approximate surface area is 136 Å². The molecular weight excluding hydrogens is 280 g/mol. The van der Waals surface area contributed by atoms with Gasteiger partial charge in [0.05, 0.1) is 0 Å². The molecule has 1 aliphatic rings. The van der Waals surface area contributed by atoms with Gasteiger partial charge >= 0.3 is 0 Å². The van der Waals surface area contributed by atoms with Crippen LogP contribution in [0.5, 0.6) is 5.75 Å². The Hall–Kier alpha value is -2.80. The Balaban J connectivity index is 1.99. The van der Waals surface area contributed by atoms with Gasteiger partial charge in [-0.05, 0) is 64.4 Å². The fourth-order valence-corrected chi connectivity index (χ4v) is 3.36. The van der Waals surface area contributed by atoms with Gasteiger partial charge in [0, 0.05) is 0 Å². The lowest BCUT2D eigenvalue weighted by molar-refractivity contribution is 0.474. The van der Waals surface area contributed by atoms with Crippen LogP contribution in [0.4, 0.5) is 0 Å². The zero-order valence-electron chi connectivity index (χ0n) is 12.8. The largest absolute Gasteiger partial charge is 0.508 e. The molecule has 1 radical (unpaired) electrons. The molecule has 0 heterocycles. The van der Waals surface area contributed by atoms with Crippen LogP contribution in [-0.2, 0) is 6.42 Å². The van der Waals surface area contributed by atoms with E-state index in [0.29, 0.717) is 5.75 Å². The number of hydrogen-bond donors (Lipinski definition) is 1. The molecule has 23 heavy (non-hydrogen) atoms. The molecule has 0 bridgehead atoms. The zero-order valence-corrected chi connectivity index (χ0v) is 12.8. The van der Waals surface area contributed by atoms with Crippen LogP contribution in [0.25, 0.3) is 11.1 Å². The van der Waals surface area contributed by atoms with Crippen molar-refractivity contribution in [2.45, 2.75) is 12.8 Å². The number of aromatic hydroxyl groups is 1. The highest BCUT2D eigenvalue weighted by atomic mass is 16.3. The molecule has 1 nitrogen and oxygen atoms in total.